The molecule has 0 spiro atoms. The molecule has 0 heterocycles. The first-order chi connectivity index (χ1) is 10.5. The van der Waals surface area contributed by atoms with Gasteiger partial charge in [-0.1, -0.05) is 23.7 Å². The van der Waals surface area contributed by atoms with Crippen LogP contribution in [0.5, 0.6) is 11.5 Å². The van der Waals surface area contributed by atoms with E-state index in [1.54, 1.807) is 36.4 Å². The molecule has 2 N–H and O–H groups in total. The Hall–Kier alpha value is -2.05. The molecule has 22 heavy (non-hydrogen) atoms. The predicted octanol–water partition coefficient (Wildman–Crippen LogP) is 3.58. The van der Waals surface area contributed by atoms with Crippen LogP contribution in [0.1, 0.15) is 15.9 Å². The number of benzene rings is 2. The minimum atomic E-state index is -0.411. The number of halogens is 2. The number of aromatic hydroxyl groups is 1. The second kappa shape index (κ2) is 7.29. The maximum atomic E-state index is 11.9. The number of hydrazone groups is 1. The Morgan fingerprint density at radius 3 is 2.82 bits per heavy atom. The number of carbonyl (C=O) groups is 1. The minimum Gasteiger partial charge on any atom is -0.503 e. The molecule has 0 saturated heterocycles. The molecule has 0 aliphatic rings. The molecule has 0 aromatic heterocycles. The van der Waals surface area contributed by atoms with Crippen molar-refractivity contribution in [2.45, 2.75) is 0 Å². The molecular formula is C15H12BrClN2O3. The fourth-order valence-electron chi connectivity index (χ4n) is 1.69. The van der Waals surface area contributed by atoms with Crippen molar-refractivity contribution in [1.82, 2.24) is 5.43 Å². The van der Waals surface area contributed by atoms with Crippen LogP contribution in [0.4, 0.5) is 0 Å². The lowest BCUT2D eigenvalue weighted by Gasteiger charge is -2.06. The van der Waals surface area contributed by atoms with Gasteiger partial charge in [-0.2, -0.15) is 5.10 Å². The Balaban J connectivity index is 2.12. The van der Waals surface area contributed by atoms with Crippen molar-refractivity contribution < 1.29 is 14.6 Å². The zero-order chi connectivity index (χ0) is 16.1. The Kier molecular flexibility index (Phi) is 5.41. The lowest BCUT2D eigenvalue weighted by molar-refractivity contribution is 0.0955. The number of amides is 1. The van der Waals surface area contributed by atoms with Crippen LogP contribution in [0.25, 0.3) is 0 Å². The molecule has 0 saturated carbocycles. The van der Waals surface area contributed by atoms with Crippen molar-refractivity contribution in [1.29, 1.82) is 0 Å². The maximum Gasteiger partial charge on any atom is 0.272 e. The van der Waals surface area contributed by atoms with Crippen LogP contribution in [0.3, 0.4) is 0 Å². The summed E-state index contributed by atoms with van der Waals surface area (Å²) in [5, 5.41) is 13.9. The van der Waals surface area contributed by atoms with Crippen LogP contribution >= 0.6 is 27.5 Å². The summed E-state index contributed by atoms with van der Waals surface area (Å²) in [6.07, 6.45) is 1.43. The number of ether oxygens (including phenoxy) is 1. The van der Waals surface area contributed by atoms with E-state index in [2.05, 4.69) is 26.5 Å². The van der Waals surface area contributed by atoms with Crippen LogP contribution < -0.4 is 10.2 Å². The molecule has 2 aromatic carbocycles. The zero-order valence-corrected chi connectivity index (χ0v) is 13.9. The lowest BCUT2D eigenvalue weighted by Crippen LogP contribution is -2.17. The van der Waals surface area contributed by atoms with E-state index < -0.39 is 5.91 Å². The van der Waals surface area contributed by atoms with Crippen LogP contribution in [-0.4, -0.2) is 24.3 Å². The summed E-state index contributed by atoms with van der Waals surface area (Å²) in [6.45, 7) is 0. The summed E-state index contributed by atoms with van der Waals surface area (Å²) < 4.78 is 5.50. The van der Waals surface area contributed by atoms with Crippen molar-refractivity contribution in [3.8, 4) is 11.5 Å². The summed E-state index contributed by atoms with van der Waals surface area (Å²) in [7, 11) is 1.45. The molecule has 2 rings (SSSR count). The van der Waals surface area contributed by atoms with Gasteiger partial charge in [-0.15, -0.1) is 0 Å². The Labute approximate surface area is 140 Å². The second-order valence-electron chi connectivity index (χ2n) is 4.23. The van der Waals surface area contributed by atoms with Crippen LogP contribution in [0.2, 0.25) is 5.02 Å². The molecule has 0 bridgehead atoms. The van der Waals surface area contributed by atoms with Crippen LogP contribution in [0.15, 0.2) is 46.0 Å². The average molecular weight is 384 g/mol. The van der Waals surface area contributed by atoms with Crippen molar-refractivity contribution in [2.75, 3.05) is 7.11 Å². The number of methoxy groups -OCH3 is 1. The SMILES string of the molecule is COc1cc(C=NNC(=O)c2ccccc2Cl)cc(Br)c1O. The van der Waals surface area contributed by atoms with Gasteiger partial charge in [0.2, 0.25) is 0 Å². The fraction of sp³-hybridized carbons (Fsp3) is 0.0667. The van der Waals surface area contributed by atoms with Crippen molar-refractivity contribution in [3.05, 3.63) is 57.0 Å². The van der Waals surface area contributed by atoms with Gasteiger partial charge >= 0.3 is 0 Å². The summed E-state index contributed by atoms with van der Waals surface area (Å²) in [5.41, 5.74) is 3.37. The van der Waals surface area contributed by atoms with Gasteiger partial charge in [-0.05, 0) is 45.8 Å². The van der Waals surface area contributed by atoms with Gasteiger partial charge in [-0.3, -0.25) is 4.79 Å². The number of hydrogen-bond acceptors (Lipinski definition) is 4. The van der Waals surface area contributed by atoms with Crippen molar-refractivity contribution in [2.24, 2.45) is 5.10 Å². The summed E-state index contributed by atoms with van der Waals surface area (Å²) in [6, 6.07) is 9.92. The summed E-state index contributed by atoms with van der Waals surface area (Å²) in [4.78, 5) is 11.9. The first-order valence-electron chi connectivity index (χ1n) is 6.17. The van der Waals surface area contributed by atoms with Gasteiger partial charge in [0.15, 0.2) is 11.5 Å². The summed E-state index contributed by atoms with van der Waals surface area (Å²) in [5.74, 6) is -0.111. The lowest BCUT2D eigenvalue weighted by atomic mass is 10.2. The van der Waals surface area contributed by atoms with E-state index in [-0.39, 0.29) is 5.75 Å². The maximum absolute atomic E-state index is 11.9. The first-order valence-corrected chi connectivity index (χ1v) is 7.34. The predicted molar refractivity (Wildman–Crippen MR) is 88.9 cm³/mol. The highest BCUT2D eigenvalue weighted by atomic mass is 79.9. The van der Waals surface area contributed by atoms with E-state index in [9.17, 15) is 9.90 Å². The molecule has 7 heteroatoms. The standard InChI is InChI=1S/C15H12BrClN2O3/c1-22-13-7-9(6-11(16)14(13)20)8-18-19-15(21)10-4-2-3-5-12(10)17/h2-8,20H,1H3,(H,19,21). The number of hydrogen-bond donors (Lipinski definition) is 2. The molecule has 0 fully saturated rings. The van der Waals surface area contributed by atoms with E-state index in [0.29, 0.717) is 26.4 Å². The van der Waals surface area contributed by atoms with E-state index in [1.165, 1.54) is 13.3 Å². The van der Waals surface area contributed by atoms with Crippen LogP contribution in [0, 0.1) is 0 Å². The first kappa shape index (κ1) is 16.3. The third kappa shape index (κ3) is 3.78. The third-order valence-electron chi connectivity index (χ3n) is 2.77. The molecule has 5 nitrogen and oxygen atoms in total. The number of nitrogens with one attached hydrogen (secondary N) is 1. The largest absolute Gasteiger partial charge is 0.503 e. The molecule has 0 atom stereocenters. The smallest absolute Gasteiger partial charge is 0.272 e. The van der Waals surface area contributed by atoms with Gasteiger partial charge in [0.1, 0.15) is 0 Å². The van der Waals surface area contributed by atoms with E-state index in [0.717, 1.165) is 0 Å². The Morgan fingerprint density at radius 2 is 2.14 bits per heavy atom. The summed E-state index contributed by atoms with van der Waals surface area (Å²) >= 11 is 9.14. The highest BCUT2D eigenvalue weighted by molar-refractivity contribution is 9.10. The van der Waals surface area contributed by atoms with E-state index >= 15 is 0 Å². The number of nitrogens with zero attached hydrogens (tertiary/aromatic N) is 1. The molecule has 0 aliphatic carbocycles. The normalized spacial score (nSPS) is 10.7. The molecule has 114 valence electrons. The average Bonchev–Trinajstić information content (AvgIpc) is 2.50. The Morgan fingerprint density at radius 1 is 1.41 bits per heavy atom. The van der Waals surface area contributed by atoms with Crippen molar-refractivity contribution >= 4 is 39.7 Å². The molecule has 0 radical (unpaired) electrons. The second-order valence-corrected chi connectivity index (χ2v) is 5.49. The monoisotopic (exact) mass is 382 g/mol. The molecular weight excluding hydrogens is 372 g/mol. The van der Waals surface area contributed by atoms with Gasteiger partial charge < -0.3 is 9.84 Å². The number of carbonyl (C=O) groups excluding carboxylic acids is 1. The quantitative estimate of drug-likeness (QED) is 0.626. The highest BCUT2D eigenvalue weighted by Gasteiger charge is 2.09. The Bertz CT molecular complexity index is 735. The van der Waals surface area contributed by atoms with E-state index in [1.807, 2.05) is 0 Å². The topological polar surface area (TPSA) is 70.9 Å². The number of rotatable bonds is 4. The fourth-order valence-corrected chi connectivity index (χ4v) is 2.38. The van der Waals surface area contributed by atoms with Crippen LogP contribution in [-0.2, 0) is 0 Å². The highest BCUT2D eigenvalue weighted by Crippen LogP contribution is 2.34. The van der Waals surface area contributed by atoms with Gasteiger partial charge in [-0.25, -0.2) is 5.43 Å². The number of phenols is 1. The van der Waals surface area contributed by atoms with E-state index in [4.69, 9.17) is 16.3 Å². The minimum absolute atomic E-state index is 0.000229. The van der Waals surface area contributed by atoms with Crippen molar-refractivity contribution in [3.63, 3.8) is 0 Å². The third-order valence-corrected chi connectivity index (χ3v) is 3.70. The van der Waals surface area contributed by atoms with Gasteiger partial charge in [0.25, 0.3) is 5.91 Å². The number of phenolic OH excluding ortho intramolecular Hbond substituents is 1. The molecule has 0 aliphatic heterocycles. The zero-order valence-electron chi connectivity index (χ0n) is 11.5. The molecule has 1 amide bonds. The molecule has 2 aromatic rings. The van der Waals surface area contributed by atoms with Gasteiger partial charge in [0, 0.05) is 0 Å². The van der Waals surface area contributed by atoms with Gasteiger partial charge in [0.05, 0.1) is 28.4 Å². The molecule has 0 unspecified atom stereocenters.